The Hall–Kier alpha value is -1.63. The number of nitrogens with zero attached hydrogens (tertiary/aromatic N) is 2. The van der Waals surface area contributed by atoms with Gasteiger partial charge in [-0.25, -0.2) is 0 Å². The number of hydrogen-bond acceptors (Lipinski definition) is 4. The Morgan fingerprint density at radius 3 is 3.07 bits per heavy atom. The first kappa shape index (κ1) is 10.5. The second-order valence-electron chi connectivity index (χ2n) is 3.14. The molecule has 0 bridgehead atoms. The fourth-order valence-corrected chi connectivity index (χ4v) is 1.07. The first-order chi connectivity index (χ1) is 6.72. The molecule has 0 saturated carbocycles. The lowest BCUT2D eigenvalue weighted by Gasteiger charge is -1.88. The van der Waals surface area contributed by atoms with Crippen LogP contribution in [-0.2, 0) is 17.6 Å². The Bertz CT molecular complexity index is 349. The van der Waals surface area contributed by atoms with Gasteiger partial charge >= 0.3 is 0 Å². The van der Waals surface area contributed by atoms with Gasteiger partial charge < -0.3 is 9.32 Å². The zero-order chi connectivity index (χ0) is 10.4. The molecule has 74 valence electrons. The summed E-state index contributed by atoms with van der Waals surface area (Å²) in [7, 11) is 0. The van der Waals surface area contributed by atoms with Crippen LogP contribution in [0.25, 0.3) is 0 Å². The Balaban J connectivity index is 2.43. The maximum atomic E-state index is 10.7. The predicted octanol–water partition coefficient (Wildman–Crippen LogP) is 1.65. The predicted molar refractivity (Wildman–Crippen MR) is 49.4 cm³/mol. The molecule has 1 heterocycles. The number of carbonyl (C=O) groups is 1. The summed E-state index contributed by atoms with van der Waals surface area (Å²) in [5, 5.41) is 12.2. The van der Waals surface area contributed by atoms with Crippen LogP contribution in [0.2, 0.25) is 0 Å². The molecule has 0 aliphatic rings. The van der Waals surface area contributed by atoms with E-state index in [1.165, 1.54) is 0 Å². The minimum absolute atomic E-state index is 0.145. The van der Waals surface area contributed by atoms with Gasteiger partial charge in [0.25, 0.3) is 0 Å². The fourth-order valence-electron chi connectivity index (χ4n) is 1.07. The van der Waals surface area contributed by atoms with Gasteiger partial charge in [0.2, 0.25) is 0 Å². The molecular weight excluding hydrogens is 180 g/mol. The molecule has 0 spiro atoms. The second-order valence-corrected chi connectivity index (χ2v) is 3.14. The van der Waals surface area contributed by atoms with Gasteiger partial charge in [-0.05, 0) is 13.3 Å². The first-order valence-electron chi connectivity index (χ1n) is 4.53. The lowest BCUT2D eigenvalue weighted by atomic mass is 10.1. The van der Waals surface area contributed by atoms with E-state index in [1.807, 2.05) is 6.07 Å². The van der Waals surface area contributed by atoms with Crippen molar-refractivity contribution in [2.45, 2.75) is 32.6 Å². The summed E-state index contributed by atoms with van der Waals surface area (Å²) in [4.78, 5) is 10.7. The van der Waals surface area contributed by atoms with Gasteiger partial charge in [-0.3, -0.25) is 0 Å². The number of Topliss-reactive ketones (excluding diaryl/α,β-unsaturated/α-hetero) is 1. The molecule has 0 atom stereocenters. The van der Waals surface area contributed by atoms with Crippen molar-refractivity contribution in [3.63, 3.8) is 0 Å². The first-order valence-corrected chi connectivity index (χ1v) is 4.53. The monoisotopic (exact) mass is 192 g/mol. The maximum Gasteiger partial charge on any atom is 0.138 e. The molecule has 0 unspecified atom stereocenters. The van der Waals surface area contributed by atoms with Crippen molar-refractivity contribution in [1.82, 2.24) is 5.16 Å². The summed E-state index contributed by atoms with van der Waals surface area (Å²) < 4.78 is 4.99. The highest BCUT2D eigenvalue weighted by molar-refractivity contribution is 5.75. The molecule has 0 aliphatic carbocycles. The SMILES string of the molecule is CC(=O)CCc1cc(CCC#N)on1. The molecular formula is C10H12N2O2. The second kappa shape index (κ2) is 5.18. The van der Waals surface area contributed by atoms with Crippen molar-refractivity contribution >= 4 is 5.78 Å². The maximum absolute atomic E-state index is 10.7. The minimum atomic E-state index is 0.145. The zero-order valence-corrected chi connectivity index (χ0v) is 8.12. The van der Waals surface area contributed by atoms with Crippen LogP contribution in [0.15, 0.2) is 10.6 Å². The average Bonchev–Trinajstić information content (AvgIpc) is 2.59. The molecule has 4 heteroatoms. The lowest BCUT2D eigenvalue weighted by molar-refractivity contribution is -0.117. The van der Waals surface area contributed by atoms with E-state index in [2.05, 4.69) is 5.16 Å². The summed E-state index contributed by atoms with van der Waals surface area (Å²) >= 11 is 0. The average molecular weight is 192 g/mol. The van der Waals surface area contributed by atoms with Gasteiger partial charge in [-0.15, -0.1) is 0 Å². The molecule has 0 aliphatic heterocycles. The number of aryl methyl sites for hydroxylation is 2. The third kappa shape index (κ3) is 3.40. The molecule has 1 aromatic heterocycles. The number of ketones is 1. The van der Waals surface area contributed by atoms with Crippen molar-refractivity contribution in [1.29, 1.82) is 5.26 Å². The van der Waals surface area contributed by atoms with Crippen molar-refractivity contribution < 1.29 is 9.32 Å². The molecule has 0 aromatic carbocycles. The third-order valence-corrected chi connectivity index (χ3v) is 1.82. The lowest BCUT2D eigenvalue weighted by Crippen LogP contribution is -1.93. The topological polar surface area (TPSA) is 66.9 Å². The minimum Gasteiger partial charge on any atom is -0.361 e. The van der Waals surface area contributed by atoms with Crippen LogP contribution in [0.1, 0.15) is 31.2 Å². The number of carbonyl (C=O) groups excluding carboxylic acids is 1. The molecule has 14 heavy (non-hydrogen) atoms. The Morgan fingerprint density at radius 2 is 2.43 bits per heavy atom. The fraction of sp³-hybridized carbons (Fsp3) is 0.500. The molecule has 0 fully saturated rings. The van der Waals surface area contributed by atoms with Gasteiger partial charge in [0.05, 0.1) is 11.8 Å². The number of nitriles is 1. The summed E-state index contributed by atoms with van der Waals surface area (Å²) in [6.07, 6.45) is 2.13. The largest absolute Gasteiger partial charge is 0.361 e. The summed E-state index contributed by atoms with van der Waals surface area (Å²) in [5.41, 5.74) is 0.785. The molecule has 0 amide bonds. The van der Waals surface area contributed by atoms with Crippen LogP contribution in [0.4, 0.5) is 0 Å². The van der Waals surface area contributed by atoms with Crippen molar-refractivity contribution in [2.75, 3.05) is 0 Å². The molecule has 1 rings (SSSR count). The zero-order valence-electron chi connectivity index (χ0n) is 8.12. The van der Waals surface area contributed by atoms with Gasteiger partial charge in [-0.1, -0.05) is 5.16 Å². The van der Waals surface area contributed by atoms with Gasteiger partial charge in [-0.2, -0.15) is 5.26 Å². The van der Waals surface area contributed by atoms with Gasteiger partial charge in [0.1, 0.15) is 11.5 Å². The van der Waals surface area contributed by atoms with Crippen LogP contribution in [0.5, 0.6) is 0 Å². The number of aromatic nitrogens is 1. The van der Waals surface area contributed by atoms with Crippen molar-refractivity contribution in [3.8, 4) is 6.07 Å². The van der Waals surface area contributed by atoms with E-state index in [0.717, 1.165) is 5.69 Å². The Morgan fingerprint density at radius 1 is 1.64 bits per heavy atom. The van der Waals surface area contributed by atoms with Crippen LogP contribution >= 0.6 is 0 Å². The van der Waals surface area contributed by atoms with Gasteiger partial charge in [0, 0.05) is 25.3 Å². The van der Waals surface area contributed by atoms with Crippen LogP contribution < -0.4 is 0 Å². The van der Waals surface area contributed by atoms with E-state index in [0.29, 0.717) is 31.4 Å². The van der Waals surface area contributed by atoms with E-state index in [9.17, 15) is 4.79 Å². The summed E-state index contributed by atoms with van der Waals surface area (Å²) in [5.74, 6) is 0.858. The van der Waals surface area contributed by atoms with Crippen LogP contribution in [0, 0.1) is 11.3 Å². The summed E-state index contributed by atoms with van der Waals surface area (Å²) in [6, 6.07) is 3.84. The van der Waals surface area contributed by atoms with Crippen molar-refractivity contribution in [2.24, 2.45) is 0 Å². The van der Waals surface area contributed by atoms with E-state index in [1.54, 1.807) is 13.0 Å². The van der Waals surface area contributed by atoms with E-state index in [-0.39, 0.29) is 5.78 Å². The molecule has 4 nitrogen and oxygen atoms in total. The molecule has 0 saturated heterocycles. The summed E-state index contributed by atoms with van der Waals surface area (Å²) in [6.45, 7) is 1.55. The van der Waals surface area contributed by atoms with Crippen LogP contribution in [-0.4, -0.2) is 10.9 Å². The van der Waals surface area contributed by atoms with E-state index < -0.39 is 0 Å². The quantitative estimate of drug-likeness (QED) is 0.711. The molecule has 1 aromatic rings. The Kier molecular flexibility index (Phi) is 3.86. The van der Waals surface area contributed by atoms with Crippen LogP contribution in [0.3, 0.4) is 0 Å². The smallest absolute Gasteiger partial charge is 0.138 e. The number of rotatable bonds is 5. The highest BCUT2D eigenvalue weighted by atomic mass is 16.5. The van der Waals surface area contributed by atoms with E-state index >= 15 is 0 Å². The standard InChI is InChI=1S/C10H12N2O2/c1-8(13)4-5-9-7-10(14-12-9)3-2-6-11/h7H,2-5H2,1H3. The van der Waals surface area contributed by atoms with Crippen molar-refractivity contribution in [3.05, 3.63) is 17.5 Å². The van der Waals surface area contributed by atoms with E-state index in [4.69, 9.17) is 9.78 Å². The highest BCUT2D eigenvalue weighted by Gasteiger charge is 2.04. The number of hydrogen-bond donors (Lipinski definition) is 0. The molecule has 0 radical (unpaired) electrons. The highest BCUT2D eigenvalue weighted by Crippen LogP contribution is 2.08. The molecule has 0 N–H and O–H groups in total. The normalized spacial score (nSPS) is 9.71. The van der Waals surface area contributed by atoms with Gasteiger partial charge in [0.15, 0.2) is 0 Å². The Labute approximate surface area is 82.5 Å². The third-order valence-electron chi connectivity index (χ3n) is 1.82.